The minimum Gasteiger partial charge on any atom is -0.619 e. The molecule has 2 heterocycles. The van der Waals surface area contributed by atoms with Gasteiger partial charge in [0.15, 0.2) is 18.2 Å². The molecule has 1 saturated heterocycles. The summed E-state index contributed by atoms with van der Waals surface area (Å²) in [7, 11) is -3.68. The molecular formula is C18H19N3O5S. The van der Waals surface area contributed by atoms with Gasteiger partial charge in [-0.3, -0.25) is 9.59 Å². The topological polar surface area (TPSA) is 102 Å². The van der Waals surface area contributed by atoms with E-state index < -0.39 is 10.0 Å². The number of rotatable bonds is 4. The predicted octanol–water partition coefficient (Wildman–Crippen LogP) is 0.669. The van der Waals surface area contributed by atoms with E-state index in [1.54, 1.807) is 4.90 Å². The summed E-state index contributed by atoms with van der Waals surface area (Å²) in [5, 5.41) is 11.1. The van der Waals surface area contributed by atoms with Gasteiger partial charge < -0.3 is 10.1 Å². The highest BCUT2D eigenvalue weighted by atomic mass is 32.2. The summed E-state index contributed by atoms with van der Waals surface area (Å²) in [4.78, 5) is 25.5. The maximum absolute atomic E-state index is 12.8. The van der Waals surface area contributed by atoms with E-state index in [1.165, 1.54) is 60.0 Å². The Balaban J connectivity index is 1.68. The third-order valence-electron chi connectivity index (χ3n) is 4.47. The first-order chi connectivity index (χ1) is 12.8. The number of sulfonamides is 1. The molecule has 0 saturated carbocycles. The molecule has 1 aromatic carbocycles. The zero-order valence-corrected chi connectivity index (χ0v) is 15.6. The van der Waals surface area contributed by atoms with Gasteiger partial charge in [0.1, 0.15) is 0 Å². The number of aromatic nitrogens is 1. The molecule has 1 aromatic heterocycles. The van der Waals surface area contributed by atoms with Gasteiger partial charge in [0.25, 0.3) is 5.91 Å². The third-order valence-corrected chi connectivity index (χ3v) is 6.39. The Labute approximate surface area is 157 Å². The first-order valence-corrected chi connectivity index (χ1v) is 9.82. The number of pyridine rings is 1. The molecule has 1 aliphatic heterocycles. The molecule has 0 unspecified atom stereocenters. The normalized spacial score (nSPS) is 15.5. The van der Waals surface area contributed by atoms with Gasteiger partial charge in [0, 0.05) is 43.9 Å². The fourth-order valence-corrected chi connectivity index (χ4v) is 4.30. The monoisotopic (exact) mass is 389 g/mol. The van der Waals surface area contributed by atoms with Crippen molar-refractivity contribution in [2.24, 2.45) is 0 Å². The Morgan fingerprint density at radius 2 is 1.48 bits per heavy atom. The van der Waals surface area contributed by atoms with Gasteiger partial charge in [-0.05, 0) is 19.1 Å². The summed E-state index contributed by atoms with van der Waals surface area (Å²) in [5.74, 6) is -0.368. The molecular weight excluding hydrogens is 370 g/mol. The molecule has 27 heavy (non-hydrogen) atoms. The van der Waals surface area contributed by atoms with Crippen LogP contribution in [0.25, 0.3) is 0 Å². The van der Waals surface area contributed by atoms with Crippen LogP contribution in [0.1, 0.15) is 27.6 Å². The van der Waals surface area contributed by atoms with Gasteiger partial charge in [0.2, 0.25) is 10.0 Å². The van der Waals surface area contributed by atoms with Crippen molar-refractivity contribution in [1.82, 2.24) is 9.21 Å². The Bertz CT molecular complexity index is 947. The summed E-state index contributed by atoms with van der Waals surface area (Å²) in [6, 6.07) is 8.71. The van der Waals surface area contributed by atoms with Crippen LogP contribution in [0.2, 0.25) is 0 Å². The van der Waals surface area contributed by atoms with E-state index in [4.69, 9.17) is 0 Å². The number of carbonyl (C=O) groups is 2. The molecule has 9 heteroatoms. The number of benzene rings is 1. The summed E-state index contributed by atoms with van der Waals surface area (Å²) in [6.07, 6.45) is 2.50. The van der Waals surface area contributed by atoms with E-state index in [1.807, 2.05) is 0 Å². The molecule has 0 atom stereocenters. The number of piperazine rings is 1. The second-order valence-electron chi connectivity index (χ2n) is 6.22. The zero-order valence-electron chi connectivity index (χ0n) is 14.7. The fourth-order valence-electron chi connectivity index (χ4n) is 2.88. The third kappa shape index (κ3) is 3.99. The molecule has 1 amide bonds. The van der Waals surface area contributed by atoms with Gasteiger partial charge >= 0.3 is 0 Å². The van der Waals surface area contributed by atoms with Crippen LogP contribution < -0.4 is 4.73 Å². The molecule has 8 nitrogen and oxygen atoms in total. The first-order valence-electron chi connectivity index (χ1n) is 8.38. The Morgan fingerprint density at radius 1 is 0.926 bits per heavy atom. The van der Waals surface area contributed by atoms with Crippen molar-refractivity contribution in [3.63, 3.8) is 0 Å². The van der Waals surface area contributed by atoms with E-state index in [2.05, 4.69) is 0 Å². The Morgan fingerprint density at radius 3 is 2.00 bits per heavy atom. The molecule has 3 rings (SSSR count). The summed E-state index contributed by atoms with van der Waals surface area (Å²) in [6.45, 7) is 2.29. The summed E-state index contributed by atoms with van der Waals surface area (Å²) < 4.78 is 27.4. The van der Waals surface area contributed by atoms with Crippen molar-refractivity contribution in [1.29, 1.82) is 0 Å². The number of hydrogen-bond donors (Lipinski definition) is 0. The lowest BCUT2D eigenvalue weighted by molar-refractivity contribution is -0.605. The number of ketones is 1. The maximum atomic E-state index is 12.8. The quantitative estimate of drug-likeness (QED) is 0.434. The zero-order chi connectivity index (χ0) is 19.6. The van der Waals surface area contributed by atoms with Crippen molar-refractivity contribution >= 4 is 21.7 Å². The number of amides is 1. The average Bonchev–Trinajstić information content (AvgIpc) is 2.68. The van der Waals surface area contributed by atoms with E-state index >= 15 is 0 Å². The van der Waals surface area contributed by atoms with Crippen LogP contribution in [0.4, 0.5) is 0 Å². The highest BCUT2D eigenvalue weighted by Crippen LogP contribution is 2.19. The van der Waals surface area contributed by atoms with Gasteiger partial charge in [-0.15, -0.1) is 0 Å². The number of hydrogen-bond acceptors (Lipinski definition) is 5. The lowest BCUT2D eigenvalue weighted by Gasteiger charge is -2.34. The van der Waals surface area contributed by atoms with Gasteiger partial charge in [0.05, 0.1) is 10.5 Å². The van der Waals surface area contributed by atoms with Crippen LogP contribution in [-0.2, 0) is 10.0 Å². The number of Topliss-reactive ketones (excluding diaryl/α,β-unsaturated/α-hetero) is 1. The highest BCUT2D eigenvalue weighted by molar-refractivity contribution is 7.89. The van der Waals surface area contributed by atoms with E-state index in [0.717, 1.165) is 0 Å². The van der Waals surface area contributed by atoms with Crippen molar-refractivity contribution in [2.75, 3.05) is 26.2 Å². The largest absolute Gasteiger partial charge is 0.619 e. The van der Waals surface area contributed by atoms with Gasteiger partial charge in [-0.2, -0.15) is 9.04 Å². The first kappa shape index (κ1) is 19.0. The average molecular weight is 389 g/mol. The van der Waals surface area contributed by atoms with Crippen LogP contribution in [0.5, 0.6) is 0 Å². The SMILES string of the molecule is CC(=O)c1ccc(S(=O)(=O)N2CCN(C(=O)c3cc[n+]([O-])cc3)CC2)cc1. The maximum Gasteiger partial charge on any atom is 0.254 e. The molecule has 0 aliphatic carbocycles. The van der Waals surface area contributed by atoms with Gasteiger partial charge in [-0.25, -0.2) is 8.42 Å². The molecule has 1 aliphatic rings. The van der Waals surface area contributed by atoms with Crippen molar-refractivity contribution in [3.8, 4) is 0 Å². The van der Waals surface area contributed by atoms with E-state index in [0.29, 0.717) is 15.9 Å². The Hall–Kier alpha value is -2.78. The molecule has 0 N–H and O–H groups in total. The second-order valence-corrected chi connectivity index (χ2v) is 8.16. The molecule has 0 radical (unpaired) electrons. The van der Waals surface area contributed by atoms with Crippen molar-refractivity contribution in [3.05, 3.63) is 65.1 Å². The lowest BCUT2D eigenvalue weighted by Crippen LogP contribution is -2.50. The van der Waals surface area contributed by atoms with Gasteiger partial charge in [-0.1, -0.05) is 12.1 Å². The lowest BCUT2D eigenvalue weighted by atomic mass is 10.2. The van der Waals surface area contributed by atoms with Crippen molar-refractivity contribution in [2.45, 2.75) is 11.8 Å². The highest BCUT2D eigenvalue weighted by Gasteiger charge is 2.30. The summed E-state index contributed by atoms with van der Waals surface area (Å²) in [5.41, 5.74) is 0.838. The van der Waals surface area contributed by atoms with E-state index in [-0.39, 0.29) is 42.8 Å². The molecule has 0 bridgehead atoms. The second kappa shape index (κ2) is 7.45. The standard InChI is InChI=1S/C18H19N3O5S/c1-14(22)15-2-4-17(5-3-15)27(25,26)21-12-10-19(11-13-21)18(23)16-6-8-20(24)9-7-16/h2-9H,10-13H2,1H3. The summed E-state index contributed by atoms with van der Waals surface area (Å²) >= 11 is 0. The number of carbonyl (C=O) groups excluding carboxylic acids is 2. The molecule has 0 spiro atoms. The predicted molar refractivity (Wildman–Crippen MR) is 96.5 cm³/mol. The van der Waals surface area contributed by atoms with Crippen molar-refractivity contribution < 1.29 is 22.7 Å². The molecule has 2 aromatic rings. The minimum atomic E-state index is -3.68. The molecule has 1 fully saturated rings. The smallest absolute Gasteiger partial charge is 0.254 e. The Kier molecular flexibility index (Phi) is 5.24. The van der Waals surface area contributed by atoms with E-state index in [9.17, 15) is 23.2 Å². The molecule has 142 valence electrons. The van der Waals surface area contributed by atoms with Crippen LogP contribution in [0.15, 0.2) is 53.7 Å². The van der Waals surface area contributed by atoms with Crippen LogP contribution in [0.3, 0.4) is 0 Å². The fraction of sp³-hybridized carbons (Fsp3) is 0.278. The van der Waals surface area contributed by atoms with Crippen LogP contribution in [-0.4, -0.2) is 55.5 Å². The minimum absolute atomic E-state index is 0.121. The van der Waals surface area contributed by atoms with Crippen LogP contribution in [0, 0.1) is 5.21 Å². The van der Waals surface area contributed by atoms with Crippen LogP contribution >= 0.6 is 0 Å². The number of nitrogens with zero attached hydrogens (tertiary/aromatic N) is 3.